The second-order valence-corrected chi connectivity index (χ2v) is 6.46. The van der Waals surface area contributed by atoms with Gasteiger partial charge in [0.25, 0.3) is 0 Å². The second-order valence-electron chi connectivity index (χ2n) is 6.03. The van der Waals surface area contributed by atoms with E-state index in [1.165, 1.54) is 0 Å². The molecule has 1 saturated heterocycles. The fraction of sp³-hybridized carbons (Fsp3) is 0.389. The van der Waals surface area contributed by atoms with Crippen LogP contribution in [0.5, 0.6) is 11.5 Å². The van der Waals surface area contributed by atoms with Crippen LogP contribution in [0.2, 0.25) is 5.02 Å². The molecule has 5 nitrogen and oxygen atoms in total. The van der Waals surface area contributed by atoms with E-state index >= 15 is 0 Å². The zero-order chi connectivity index (χ0) is 16.9. The molecule has 1 aliphatic rings. The van der Waals surface area contributed by atoms with Crippen molar-refractivity contribution in [1.29, 1.82) is 0 Å². The summed E-state index contributed by atoms with van der Waals surface area (Å²) in [7, 11) is 1.57. The molecule has 1 fully saturated rings. The van der Waals surface area contributed by atoms with E-state index in [1.54, 1.807) is 19.4 Å². The van der Waals surface area contributed by atoms with Gasteiger partial charge in [-0.3, -0.25) is 14.8 Å². The van der Waals surface area contributed by atoms with E-state index < -0.39 is 0 Å². The topological polar surface area (TPSA) is 48.8 Å². The first-order valence-electron chi connectivity index (χ1n) is 8.05. The lowest BCUT2D eigenvalue weighted by molar-refractivity contribution is 0.121. The van der Waals surface area contributed by atoms with Gasteiger partial charge in [-0.15, -0.1) is 0 Å². The Labute approximate surface area is 147 Å². The molecule has 0 radical (unpaired) electrons. The van der Waals surface area contributed by atoms with Crippen molar-refractivity contribution in [3.8, 4) is 11.5 Å². The Balaban J connectivity index is 1.51. The summed E-state index contributed by atoms with van der Waals surface area (Å²) < 4.78 is 5.17. The largest absolute Gasteiger partial charge is 0.504 e. The second kappa shape index (κ2) is 7.83. The van der Waals surface area contributed by atoms with Gasteiger partial charge in [0.2, 0.25) is 0 Å². The van der Waals surface area contributed by atoms with Gasteiger partial charge in [0.05, 0.1) is 17.8 Å². The number of aromatic hydroxyl groups is 1. The SMILES string of the molecule is COc1cc(CN2CCN(Cc3ccc(Cl)cn3)CC2)ccc1O. The zero-order valence-electron chi connectivity index (χ0n) is 13.8. The molecule has 0 atom stereocenters. The summed E-state index contributed by atoms with van der Waals surface area (Å²) in [6.45, 7) is 5.77. The van der Waals surface area contributed by atoms with Gasteiger partial charge < -0.3 is 9.84 Å². The number of nitrogens with zero attached hydrogens (tertiary/aromatic N) is 3. The number of hydrogen-bond donors (Lipinski definition) is 1. The fourth-order valence-corrected chi connectivity index (χ4v) is 3.02. The lowest BCUT2D eigenvalue weighted by Gasteiger charge is -2.34. The highest BCUT2D eigenvalue weighted by Crippen LogP contribution is 2.27. The van der Waals surface area contributed by atoms with Crippen LogP contribution in [0.15, 0.2) is 36.5 Å². The predicted molar refractivity (Wildman–Crippen MR) is 94.5 cm³/mol. The van der Waals surface area contributed by atoms with Crippen LogP contribution in [0.4, 0.5) is 0 Å². The maximum Gasteiger partial charge on any atom is 0.160 e. The van der Waals surface area contributed by atoms with Crippen LogP contribution in [-0.2, 0) is 13.1 Å². The molecule has 2 heterocycles. The number of phenols is 1. The summed E-state index contributed by atoms with van der Waals surface area (Å²) in [5.41, 5.74) is 2.20. The maximum absolute atomic E-state index is 9.67. The van der Waals surface area contributed by atoms with Crippen molar-refractivity contribution in [2.45, 2.75) is 13.1 Å². The van der Waals surface area contributed by atoms with Gasteiger partial charge in [0.15, 0.2) is 11.5 Å². The van der Waals surface area contributed by atoms with E-state index in [4.69, 9.17) is 16.3 Å². The molecule has 128 valence electrons. The van der Waals surface area contributed by atoms with Crippen LogP contribution in [0, 0.1) is 0 Å². The molecule has 0 spiro atoms. The standard InChI is InChI=1S/C18H22ClN3O2/c1-24-18-10-14(2-5-17(18)23)12-21-6-8-22(9-7-21)13-16-4-3-15(19)11-20-16/h2-5,10-11,23H,6-9,12-13H2,1H3. The van der Waals surface area contributed by atoms with Gasteiger partial charge in [0.1, 0.15) is 0 Å². The highest BCUT2D eigenvalue weighted by atomic mass is 35.5. The third-order valence-corrected chi connectivity index (χ3v) is 4.51. The molecule has 0 unspecified atom stereocenters. The summed E-state index contributed by atoms with van der Waals surface area (Å²) in [5, 5.41) is 10.3. The van der Waals surface area contributed by atoms with Crippen molar-refractivity contribution in [3.05, 3.63) is 52.8 Å². The van der Waals surface area contributed by atoms with E-state index in [-0.39, 0.29) is 5.75 Å². The minimum absolute atomic E-state index is 0.182. The van der Waals surface area contributed by atoms with Crippen LogP contribution < -0.4 is 4.74 Å². The number of phenolic OH excluding ortho intramolecular Hbond substituents is 1. The van der Waals surface area contributed by atoms with E-state index in [2.05, 4.69) is 14.8 Å². The average molecular weight is 348 g/mol. The Hall–Kier alpha value is -1.82. The number of pyridine rings is 1. The Kier molecular flexibility index (Phi) is 5.56. The maximum atomic E-state index is 9.67. The van der Waals surface area contributed by atoms with Crippen molar-refractivity contribution >= 4 is 11.6 Å². The van der Waals surface area contributed by atoms with Crippen molar-refractivity contribution in [1.82, 2.24) is 14.8 Å². The molecule has 2 aromatic rings. The number of aromatic nitrogens is 1. The summed E-state index contributed by atoms with van der Waals surface area (Å²) in [4.78, 5) is 9.18. The molecule has 1 aromatic carbocycles. The van der Waals surface area contributed by atoms with Crippen LogP contribution in [0.3, 0.4) is 0 Å². The molecule has 24 heavy (non-hydrogen) atoms. The number of piperazine rings is 1. The molecular formula is C18H22ClN3O2. The van der Waals surface area contributed by atoms with E-state index in [9.17, 15) is 5.11 Å². The number of benzene rings is 1. The molecule has 6 heteroatoms. The number of rotatable bonds is 5. The highest BCUT2D eigenvalue weighted by molar-refractivity contribution is 6.30. The third kappa shape index (κ3) is 4.38. The van der Waals surface area contributed by atoms with Crippen molar-refractivity contribution in [2.24, 2.45) is 0 Å². The van der Waals surface area contributed by atoms with Gasteiger partial charge in [-0.1, -0.05) is 17.7 Å². The highest BCUT2D eigenvalue weighted by Gasteiger charge is 2.18. The molecular weight excluding hydrogens is 326 g/mol. The van der Waals surface area contributed by atoms with Crippen LogP contribution in [0.1, 0.15) is 11.3 Å². The van der Waals surface area contributed by atoms with Gasteiger partial charge >= 0.3 is 0 Å². The molecule has 0 saturated carbocycles. The van der Waals surface area contributed by atoms with Crippen LogP contribution >= 0.6 is 11.6 Å². The number of halogens is 1. The van der Waals surface area contributed by atoms with E-state index in [1.807, 2.05) is 24.3 Å². The van der Waals surface area contributed by atoms with E-state index in [0.29, 0.717) is 10.8 Å². The molecule has 3 rings (SSSR count). The third-order valence-electron chi connectivity index (χ3n) is 4.29. The average Bonchev–Trinajstić information content (AvgIpc) is 2.60. The molecule has 0 bridgehead atoms. The number of hydrogen-bond acceptors (Lipinski definition) is 5. The summed E-state index contributed by atoms with van der Waals surface area (Å²) in [6, 6.07) is 9.41. The van der Waals surface area contributed by atoms with E-state index in [0.717, 1.165) is 50.5 Å². The fourth-order valence-electron chi connectivity index (χ4n) is 2.91. The summed E-state index contributed by atoms with van der Waals surface area (Å²) in [5.74, 6) is 0.710. The lowest BCUT2D eigenvalue weighted by Crippen LogP contribution is -2.45. The first-order valence-corrected chi connectivity index (χ1v) is 8.43. The Morgan fingerprint density at radius 3 is 2.42 bits per heavy atom. The first kappa shape index (κ1) is 17.0. The van der Waals surface area contributed by atoms with Gasteiger partial charge in [-0.25, -0.2) is 0 Å². The Morgan fingerprint density at radius 1 is 1.08 bits per heavy atom. The molecule has 0 amide bonds. The lowest BCUT2D eigenvalue weighted by atomic mass is 10.1. The van der Waals surface area contributed by atoms with Crippen molar-refractivity contribution in [2.75, 3.05) is 33.3 Å². The van der Waals surface area contributed by atoms with Crippen molar-refractivity contribution in [3.63, 3.8) is 0 Å². The minimum Gasteiger partial charge on any atom is -0.504 e. The summed E-state index contributed by atoms with van der Waals surface area (Å²) in [6.07, 6.45) is 1.70. The normalized spacial score (nSPS) is 16.2. The minimum atomic E-state index is 0.182. The van der Waals surface area contributed by atoms with Gasteiger partial charge in [0, 0.05) is 45.5 Å². The van der Waals surface area contributed by atoms with Crippen LogP contribution in [-0.4, -0.2) is 53.2 Å². The predicted octanol–water partition coefficient (Wildman–Crippen LogP) is 2.77. The first-order chi connectivity index (χ1) is 11.6. The molecule has 1 aliphatic heterocycles. The van der Waals surface area contributed by atoms with Gasteiger partial charge in [-0.2, -0.15) is 0 Å². The van der Waals surface area contributed by atoms with Crippen molar-refractivity contribution < 1.29 is 9.84 Å². The van der Waals surface area contributed by atoms with Crippen LogP contribution in [0.25, 0.3) is 0 Å². The number of ether oxygens (including phenoxy) is 1. The number of methoxy groups -OCH3 is 1. The smallest absolute Gasteiger partial charge is 0.160 e. The molecule has 0 aliphatic carbocycles. The van der Waals surface area contributed by atoms with Gasteiger partial charge in [-0.05, 0) is 29.8 Å². The quantitative estimate of drug-likeness (QED) is 0.901. The Bertz CT molecular complexity index is 670. The molecule has 1 aromatic heterocycles. The summed E-state index contributed by atoms with van der Waals surface area (Å²) >= 11 is 5.87. The monoisotopic (exact) mass is 347 g/mol. The molecule has 1 N–H and O–H groups in total. The zero-order valence-corrected chi connectivity index (χ0v) is 14.5. The Morgan fingerprint density at radius 2 is 1.79 bits per heavy atom.